The fourth-order valence-electron chi connectivity index (χ4n) is 2.28. The molecule has 1 atom stereocenters. The molecule has 2 rings (SSSR count). The van der Waals surface area contributed by atoms with Crippen LogP contribution < -0.4 is 0 Å². The zero-order chi connectivity index (χ0) is 12.3. The van der Waals surface area contributed by atoms with Gasteiger partial charge in [0.25, 0.3) is 5.91 Å². The number of amides is 1. The zero-order valence-electron chi connectivity index (χ0n) is 10.0. The number of aromatic amines is 1. The van der Waals surface area contributed by atoms with E-state index < -0.39 is 0 Å². The van der Waals surface area contributed by atoms with Crippen molar-refractivity contribution in [3.63, 3.8) is 0 Å². The molecule has 17 heavy (non-hydrogen) atoms. The lowest BCUT2D eigenvalue weighted by atomic mass is 9.99. The second kappa shape index (κ2) is 5.27. The lowest BCUT2D eigenvalue weighted by Gasteiger charge is -2.34. The van der Waals surface area contributed by atoms with Gasteiger partial charge in [-0.15, -0.1) is 5.10 Å². The van der Waals surface area contributed by atoms with Gasteiger partial charge in [0, 0.05) is 19.2 Å². The number of piperidine rings is 1. The number of rotatable bonds is 3. The maximum atomic E-state index is 12.2. The van der Waals surface area contributed by atoms with Gasteiger partial charge in [-0.1, -0.05) is 0 Å². The Morgan fingerprint density at radius 2 is 2.41 bits per heavy atom. The van der Waals surface area contributed by atoms with Crippen LogP contribution in [0.5, 0.6) is 0 Å². The summed E-state index contributed by atoms with van der Waals surface area (Å²) in [4.78, 5) is 18.1. The molecule has 2 N–H and O–H groups in total. The van der Waals surface area contributed by atoms with Crippen molar-refractivity contribution in [3.05, 3.63) is 11.6 Å². The summed E-state index contributed by atoms with van der Waals surface area (Å²) in [5.41, 5.74) is 0. The van der Waals surface area contributed by atoms with E-state index in [1.165, 1.54) is 0 Å². The minimum atomic E-state index is -0.132. The van der Waals surface area contributed by atoms with Gasteiger partial charge in [0.1, 0.15) is 5.82 Å². The first-order valence-electron chi connectivity index (χ1n) is 6.03. The summed E-state index contributed by atoms with van der Waals surface area (Å²) in [6.45, 7) is 2.61. The Kier molecular flexibility index (Phi) is 3.73. The fraction of sp³-hybridized carbons (Fsp3) is 0.727. The molecule has 0 aromatic carbocycles. The van der Waals surface area contributed by atoms with Gasteiger partial charge in [-0.05, 0) is 32.6 Å². The molecule has 0 spiro atoms. The van der Waals surface area contributed by atoms with Crippen LogP contribution in [-0.4, -0.2) is 50.3 Å². The van der Waals surface area contributed by atoms with Crippen molar-refractivity contribution in [3.8, 4) is 0 Å². The number of nitrogens with one attached hydrogen (secondary N) is 1. The van der Waals surface area contributed by atoms with Crippen LogP contribution in [0.15, 0.2) is 0 Å². The first-order chi connectivity index (χ1) is 8.22. The molecule has 1 unspecified atom stereocenters. The van der Waals surface area contributed by atoms with E-state index in [9.17, 15) is 4.79 Å². The highest BCUT2D eigenvalue weighted by Crippen LogP contribution is 2.20. The van der Waals surface area contributed by atoms with Crippen LogP contribution in [0.4, 0.5) is 0 Å². The van der Waals surface area contributed by atoms with E-state index in [-0.39, 0.29) is 24.4 Å². The van der Waals surface area contributed by atoms with Crippen molar-refractivity contribution in [2.24, 2.45) is 0 Å². The van der Waals surface area contributed by atoms with Crippen molar-refractivity contribution < 1.29 is 9.90 Å². The maximum Gasteiger partial charge on any atom is 0.293 e. The quantitative estimate of drug-likeness (QED) is 0.803. The number of aromatic nitrogens is 3. The molecule has 0 aliphatic carbocycles. The molecule has 2 heterocycles. The first-order valence-corrected chi connectivity index (χ1v) is 6.03. The second-order valence-corrected chi connectivity index (χ2v) is 4.40. The van der Waals surface area contributed by atoms with Gasteiger partial charge in [0.15, 0.2) is 0 Å². The van der Waals surface area contributed by atoms with E-state index in [1.54, 1.807) is 11.8 Å². The molecule has 1 aromatic heterocycles. The van der Waals surface area contributed by atoms with Crippen molar-refractivity contribution in [1.29, 1.82) is 0 Å². The molecule has 1 amide bonds. The van der Waals surface area contributed by atoms with Crippen molar-refractivity contribution in [2.45, 2.75) is 38.6 Å². The minimum absolute atomic E-state index is 0.113. The molecule has 1 aliphatic heterocycles. The summed E-state index contributed by atoms with van der Waals surface area (Å²) in [5, 5.41) is 15.6. The highest BCUT2D eigenvalue weighted by molar-refractivity contribution is 5.90. The number of carbonyl (C=O) groups is 1. The van der Waals surface area contributed by atoms with Crippen LogP contribution in [-0.2, 0) is 0 Å². The molecule has 0 radical (unpaired) electrons. The van der Waals surface area contributed by atoms with Gasteiger partial charge in [0.2, 0.25) is 5.82 Å². The standard InChI is InChI=1S/C11H18N4O2/c1-8-12-10(14-13-8)11(17)15-6-3-2-4-9(15)5-7-16/h9,16H,2-7H2,1H3,(H,12,13,14). The number of aryl methyl sites for hydroxylation is 1. The molecule has 6 nitrogen and oxygen atoms in total. The summed E-state index contributed by atoms with van der Waals surface area (Å²) in [5.74, 6) is 0.740. The lowest BCUT2D eigenvalue weighted by molar-refractivity contribution is 0.0562. The molecule has 0 saturated carbocycles. The summed E-state index contributed by atoms with van der Waals surface area (Å²) in [6.07, 6.45) is 3.71. The Morgan fingerprint density at radius 3 is 3.06 bits per heavy atom. The van der Waals surface area contributed by atoms with Crippen LogP contribution >= 0.6 is 0 Å². The average Bonchev–Trinajstić information content (AvgIpc) is 2.76. The maximum absolute atomic E-state index is 12.2. The summed E-state index contributed by atoms with van der Waals surface area (Å²) in [6, 6.07) is 0.125. The third kappa shape index (κ3) is 2.63. The summed E-state index contributed by atoms with van der Waals surface area (Å²) in [7, 11) is 0. The predicted octanol–water partition coefficient (Wildman–Crippen LogP) is 0.490. The zero-order valence-corrected chi connectivity index (χ0v) is 10.0. The van der Waals surface area contributed by atoms with Gasteiger partial charge >= 0.3 is 0 Å². The summed E-state index contributed by atoms with van der Waals surface area (Å²) >= 11 is 0. The number of aliphatic hydroxyl groups excluding tert-OH is 1. The molecule has 1 aromatic rings. The third-order valence-electron chi connectivity index (χ3n) is 3.14. The largest absolute Gasteiger partial charge is 0.396 e. The number of hydrogen-bond donors (Lipinski definition) is 2. The fourth-order valence-corrected chi connectivity index (χ4v) is 2.28. The topological polar surface area (TPSA) is 82.1 Å². The van der Waals surface area contributed by atoms with E-state index in [2.05, 4.69) is 15.2 Å². The van der Waals surface area contributed by atoms with Crippen molar-refractivity contribution in [1.82, 2.24) is 20.1 Å². The number of hydrogen-bond acceptors (Lipinski definition) is 4. The Labute approximate surface area is 100 Å². The number of aliphatic hydroxyl groups is 1. The van der Waals surface area contributed by atoms with Gasteiger partial charge in [-0.3, -0.25) is 9.89 Å². The normalized spacial score (nSPS) is 20.6. The molecule has 1 fully saturated rings. The Balaban J connectivity index is 2.10. The molecule has 1 saturated heterocycles. The Hall–Kier alpha value is -1.43. The van der Waals surface area contributed by atoms with Gasteiger partial charge in [-0.25, -0.2) is 4.98 Å². The van der Waals surface area contributed by atoms with Crippen molar-refractivity contribution in [2.75, 3.05) is 13.2 Å². The van der Waals surface area contributed by atoms with Crippen LogP contribution in [0.2, 0.25) is 0 Å². The van der Waals surface area contributed by atoms with Gasteiger partial charge in [-0.2, -0.15) is 0 Å². The van der Waals surface area contributed by atoms with Crippen LogP contribution in [0.3, 0.4) is 0 Å². The highest BCUT2D eigenvalue weighted by atomic mass is 16.3. The SMILES string of the molecule is Cc1nc(C(=O)N2CCCCC2CCO)n[nH]1. The lowest BCUT2D eigenvalue weighted by Crippen LogP contribution is -2.44. The van der Waals surface area contributed by atoms with Crippen molar-refractivity contribution >= 4 is 5.91 Å². The van der Waals surface area contributed by atoms with E-state index in [0.29, 0.717) is 12.2 Å². The van der Waals surface area contributed by atoms with Gasteiger partial charge < -0.3 is 10.0 Å². The smallest absolute Gasteiger partial charge is 0.293 e. The Bertz CT molecular complexity index is 389. The number of likely N-dealkylation sites (tertiary alicyclic amines) is 1. The van der Waals surface area contributed by atoms with E-state index in [0.717, 1.165) is 25.8 Å². The molecule has 94 valence electrons. The molecule has 1 aliphatic rings. The molecule has 0 bridgehead atoms. The van der Waals surface area contributed by atoms with Crippen LogP contribution in [0.25, 0.3) is 0 Å². The van der Waals surface area contributed by atoms with Gasteiger partial charge in [0.05, 0.1) is 0 Å². The van der Waals surface area contributed by atoms with E-state index in [1.807, 2.05) is 0 Å². The second-order valence-electron chi connectivity index (χ2n) is 4.40. The number of nitrogens with zero attached hydrogens (tertiary/aromatic N) is 3. The first kappa shape index (κ1) is 12.0. The Morgan fingerprint density at radius 1 is 1.59 bits per heavy atom. The number of H-pyrrole nitrogens is 1. The van der Waals surface area contributed by atoms with Crippen LogP contribution in [0.1, 0.15) is 42.1 Å². The van der Waals surface area contributed by atoms with E-state index in [4.69, 9.17) is 5.11 Å². The number of carbonyl (C=O) groups excluding carboxylic acids is 1. The predicted molar refractivity (Wildman–Crippen MR) is 61.5 cm³/mol. The van der Waals surface area contributed by atoms with Crippen LogP contribution in [0, 0.1) is 6.92 Å². The molecular formula is C11H18N4O2. The molecule has 6 heteroatoms. The third-order valence-corrected chi connectivity index (χ3v) is 3.14. The minimum Gasteiger partial charge on any atom is -0.396 e. The monoisotopic (exact) mass is 238 g/mol. The highest BCUT2D eigenvalue weighted by Gasteiger charge is 2.28. The van der Waals surface area contributed by atoms with E-state index >= 15 is 0 Å². The average molecular weight is 238 g/mol. The summed E-state index contributed by atoms with van der Waals surface area (Å²) < 4.78 is 0. The molecular weight excluding hydrogens is 220 g/mol.